The van der Waals surface area contributed by atoms with E-state index in [1.54, 1.807) is 0 Å². The molecule has 2 nitrogen and oxygen atoms in total. The first-order valence-electron chi connectivity index (χ1n) is 6.98. The van der Waals surface area contributed by atoms with Crippen molar-refractivity contribution in [1.29, 1.82) is 0 Å². The first kappa shape index (κ1) is 15.4. The van der Waals surface area contributed by atoms with Crippen molar-refractivity contribution in [3.8, 4) is 0 Å². The zero-order valence-electron chi connectivity index (χ0n) is 12.2. The second kappa shape index (κ2) is 7.18. The van der Waals surface area contributed by atoms with Gasteiger partial charge in [-0.05, 0) is 37.6 Å². The molecule has 112 valence electrons. The van der Waals surface area contributed by atoms with Gasteiger partial charge in [0.05, 0.1) is 6.61 Å². The van der Waals surface area contributed by atoms with E-state index in [1.165, 1.54) is 12.1 Å². The molecule has 0 amide bonds. The lowest BCUT2D eigenvalue weighted by atomic mass is 10.1. The molecule has 0 heterocycles. The Morgan fingerprint density at radius 1 is 1.10 bits per heavy atom. The minimum Gasteiger partial charge on any atom is -0.378 e. The fraction of sp³-hybridized carbons (Fsp3) is 0.294. The summed E-state index contributed by atoms with van der Waals surface area (Å²) in [6, 6.07) is 11.1. The maximum atomic E-state index is 13.3. The molecule has 0 fully saturated rings. The summed E-state index contributed by atoms with van der Waals surface area (Å²) in [6.07, 6.45) is 0. The highest BCUT2D eigenvalue weighted by molar-refractivity contribution is 5.52. The van der Waals surface area contributed by atoms with E-state index in [0.29, 0.717) is 18.8 Å². The first-order chi connectivity index (χ1) is 10.1. The number of nitrogens with one attached hydrogen (secondary N) is 1. The van der Waals surface area contributed by atoms with Crippen molar-refractivity contribution in [2.45, 2.75) is 26.5 Å². The van der Waals surface area contributed by atoms with Crippen LogP contribution in [0.3, 0.4) is 0 Å². The molecule has 1 unspecified atom stereocenters. The van der Waals surface area contributed by atoms with Crippen molar-refractivity contribution in [1.82, 2.24) is 0 Å². The van der Waals surface area contributed by atoms with Gasteiger partial charge in [-0.3, -0.25) is 0 Å². The maximum absolute atomic E-state index is 13.3. The van der Waals surface area contributed by atoms with Crippen molar-refractivity contribution >= 4 is 5.69 Å². The van der Waals surface area contributed by atoms with Gasteiger partial charge in [-0.2, -0.15) is 0 Å². The molecule has 0 aliphatic carbocycles. The van der Waals surface area contributed by atoms with Gasteiger partial charge in [-0.25, -0.2) is 8.78 Å². The van der Waals surface area contributed by atoms with Gasteiger partial charge in [0, 0.05) is 30.0 Å². The predicted octanol–water partition coefficient (Wildman–Crippen LogP) is 4.67. The lowest BCUT2D eigenvalue weighted by Gasteiger charge is -2.18. The van der Waals surface area contributed by atoms with Crippen LogP contribution in [0.25, 0.3) is 0 Å². The highest BCUT2D eigenvalue weighted by atomic mass is 19.1. The molecule has 0 aromatic heterocycles. The van der Waals surface area contributed by atoms with Crippen molar-refractivity contribution in [3.05, 3.63) is 65.2 Å². The minimum atomic E-state index is -0.568. The topological polar surface area (TPSA) is 21.3 Å². The van der Waals surface area contributed by atoms with E-state index in [2.05, 4.69) is 5.32 Å². The van der Waals surface area contributed by atoms with Crippen LogP contribution in [0.4, 0.5) is 14.5 Å². The summed E-state index contributed by atoms with van der Waals surface area (Å²) >= 11 is 0. The van der Waals surface area contributed by atoms with Crippen LogP contribution >= 0.6 is 0 Å². The third-order valence-corrected chi connectivity index (χ3v) is 3.24. The lowest BCUT2D eigenvalue weighted by Crippen LogP contribution is -2.09. The molecule has 4 heteroatoms. The summed E-state index contributed by atoms with van der Waals surface area (Å²) in [5, 5.41) is 3.28. The van der Waals surface area contributed by atoms with Gasteiger partial charge in [0.1, 0.15) is 11.6 Å². The number of benzene rings is 2. The van der Waals surface area contributed by atoms with Gasteiger partial charge < -0.3 is 10.1 Å². The third-order valence-electron chi connectivity index (χ3n) is 3.24. The molecule has 0 spiro atoms. The number of hydrogen-bond donors (Lipinski definition) is 1. The molecule has 1 atom stereocenters. The summed E-state index contributed by atoms with van der Waals surface area (Å²) in [5.74, 6) is -1.14. The monoisotopic (exact) mass is 291 g/mol. The Morgan fingerprint density at radius 3 is 2.43 bits per heavy atom. The SMILES string of the molecule is CCOCc1ccccc1NC(C)c1cc(F)cc(F)c1. The van der Waals surface area contributed by atoms with Crippen molar-refractivity contribution in [2.24, 2.45) is 0 Å². The Labute approximate surface area is 123 Å². The Balaban J connectivity index is 2.17. The molecule has 2 rings (SSSR count). The number of hydrogen-bond acceptors (Lipinski definition) is 2. The van der Waals surface area contributed by atoms with E-state index in [9.17, 15) is 8.78 Å². The van der Waals surface area contributed by atoms with E-state index in [-0.39, 0.29) is 6.04 Å². The van der Waals surface area contributed by atoms with E-state index in [1.807, 2.05) is 38.1 Å². The van der Waals surface area contributed by atoms with Crippen LogP contribution in [0, 0.1) is 11.6 Å². The van der Waals surface area contributed by atoms with Gasteiger partial charge in [0.25, 0.3) is 0 Å². The first-order valence-corrected chi connectivity index (χ1v) is 6.98. The van der Waals surface area contributed by atoms with Crippen LogP contribution in [-0.4, -0.2) is 6.61 Å². The lowest BCUT2D eigenvalue weighted by molar-refractivity contribution is 0.134. The fourth-order valence-corrected chi connectivity index (χ4v) is 2.14. The van der Waals surface area contributed by atoms with E-state index in [0.717, 1.165) is 17.3 Å². The molecule has 1 N–H and O–H groups in total. The molecular formula is C17H19F2NO. The molecule has 0 radical (unpaired) electrons. The summed E-state index contributed by atoms with van der Waals surface area (Å²) in [5.41, 5.74) is 2.49. The van der Waals surface area contributed by atoms with Gasteiger partial charge in [0.2, 0.25) is 0 Å². The quantitative estimate of drug-likeness (QED) is 0.834. The molecule has 2 aromatic rings. The van der Waals surface area contributed by atoms with E-state index >= 15 is 0 Å². The molecule has 21 heavy (non-hydrogen) atoms. The van der Waals surface area contributed by atoms with Crippen molar-refractivity contribution in [2.75, 3.05) is 11.9 Å². The van der Waals surface area contributed by atoms with Crippen LogP contribution in [0.15, 0.2) is 42.5 Å². The summed E-state index contributed by atoms with van der Waals surface area (Å²) in [7, 11) is 0. The van der Waals surface area contributed by atoms with E-state index < -0.39 is 11.6 Å². The Kier molecular flexibility index (Phi) is 5.28. The zero-order chi connectivity index (χ0) is 15.2. The van der Waals surface area contributed by atoms with Crippen molar-refractivity contribution < 1.29 is 13.5 Å². The van der Waals surface area contributed by atoms with E-state index in [4.69, 9.17) is 4.74 Å². The Bertz CT molecular complexity index is 581. The average molecular weight is 291 g/mol. The summed E-state index contributed by atoms with van der Waals surface area (Å²) in [6.45, 7) is 4.95. The zero-order valence-corrected chi connectivity index (χ0v) is 12.2. The normalized spacial score (nSPS) is 12.2. The maximum Gasteiger partial charge on any atom is 0.126 e. The standard InChI is InChI=1S/C17H19F2NO/c1-3-21-11-13-6-4-5-7-17(13)20-12(2)14-8-15(18)10-16(19)9-14/h4-10,12,20H,3,11H2,1-2H3. The molecule has 0 saturated carbocycles. The number of halogens is 2. The van der Waals surface area contributed by atoms with Gasteiger partial charge >= 0.3 is 0 Å². The highest BCUT2D eigenvalue weighted by Crippen LogP contribution is 2.24. The Morgan fingerprint density at radius 2 is 1.76 bits per heavy atom. The Hall–Kier alpha value is -1.94. The molecule has 0 bridgehead atoms. The summed E-state index contributed by atoms with van der Waals surface area (Å²) < 4.78 is 32.0. The predicted molar refractivity (Wildman–Crippen MR) is 80.2 cm³/mol. The highest BCUT2D eigenvalue weighted by Gasteiger charge is 2.10. The number of para-hydroxylation sites is 1. The fourth-order valence-electron chi connectivity index (χ4n) is 2.14. The second-order valence-corrected chi connectivity index (χ2v) is 4.86. The van der Waals surface area contributed by atoms with Gasteiger partial charge in [-0.1, -0.05) is 18.2 Å². The van der Waals surface area contributed by atoms with Crippen LogP contribution in [-0.2, 0) is 11.3 Å². The smallest absolute Gasteiger partial charge is 0.126 e. The van der Waals surface area contributed by atoms with Crippen LogP contribution in [0.5, 0.6) is 0 Å². The van der Waals surface area contributed by atoms with Crippen LogP contribution in [0.2, 0.25) is 0 Å². The molecule has 2 aromatic carbocycles. The number of rotatable bonds is 6. The average Bonchev–Trinajstić information content (AvgIpc) is 2.45. The second-order valence-electron chi connectivity index (χ2n) is 4.86. The molecule has 0 aliphatic heterocycles. The third kappa shape index (κ3) is 4.26. The minimum absolute atomic E-state index is 0.210. The number of ether oxygens (including phenoxy) is 1. The largest absolute Gasteiger partial charge is 0.378 e. The summed E-state index contributed by atoms with van der Waals surface area (Å²) in [4.78, 5) is 0. The molecule has 0 saturated heterocycles. The van der Waals surface area contributed by atoms with Crippen LogP contribution in [0.1, 0.15) is 31.0 Å². The van der Waals surface area contributed by atoms with Crippen LogP contribution < -0.4 is 5.32 Å². The molecular weight excluding hydrogens is 272 g/mol. The number of anilines is 1. The van der Waals surface area contributed by atoms with Gasteiger partial charge in [-0.15, -0.1) is 0 Å². The van der Waals surface area contributed by atoms with Gasteiger partial charge in [0.15, 0.2) is 0 Å². The van der Waals surface area contributed by atoms with Crippen molar-refractivity contribution in [3.63, 3.8) is 0 Å². The molecule has 0 aliphatic rings.